The molecule has 1 saturated heterocycles. The number of hydrogen-bond donors (Lipinski definition) is 2. The van der Waals surface area contributed by atoms with Gasteiger partial charge in [-0.1, -0.05) is 41.9 Å². The fourth-order valence-corrected chi connectivity index (χ4v) is 5.82. The van der Waals surface area contributed by atoms with Crippen LogP contribution in [0.2, 0.25) is 5.02 Å². The Bertz CT molecular complexity index is 1800. The lowest BCUT2D eigenvalue weighted by Gasteiger charge is -2.27. The molecule has 2 aliphatic rings. The third-order valence-corrected chi connectivity index (χ3v) is 7.87. The molecule has 1 aromatic heterocycles. The number of aliphatic imine (C=N–C) groups is 1. The zero-order valence-electron chi connectivity index (χ0n) is 21.4. The predicted molar refractivity (Wildman–Crippen MR) is 149 cm³/mol. The fourth-order valence-electron chi connectivity index (χ4n) is 5.58. The average Bonchev–Trinajstić information content (AvgIpc) is 3.46. The van der Waals surface area contributed by atoms with Crippen LogP contribution in [-0.4, -0.2) is 50.6 Å². The van der Waals surface area contributed by atoms with E-state index in [0.29, 0.717) is 27.9 Å². The number of nitrogens with one attached hydrogen (secondary N) is 1. The normalized spacial score (nSPS) is 19.0. The Morgan fingerprint density at radius 1 is 1.10 bits per heavy atom. The highest BCUT2D eigenvalue weighted by Gasteiger charge is 2.56. The molecule has 3 aromatic carbocycles. The number of halogens is 2. The first-order chi connectivity index (χ1) is 19.8. The Morgan fingerprint density at radius 2 is 1.88 bits per heavy atom. The highest BCUT2D eigenvalue weighted by Crippen LogP contribution is 2.48. The largest absolute Gasteiger partial charge is 0.364 e. The van der Waals surface area contributed by atoms with Crippen LogP contribution < -0.4 is 11.1 Å². The van der Waals surface area contributed by atoms with Gasteiger partial charge in [0.1, 0.15) is 12.6 Å². The first-order valence-electron chi connectivity index (χ1n) is 12.8. The van der Waals surface area contributed by atoms with E-state index in [1.54, 1.807) is 42.5 Å². The lowest BCUT2D eigenvalue weighted by Crippen LogP contribution is -2.46. The molecule has 1 aliphatic carbocycles. The second kappa shape index (κ2) is 10.3. The highest BCUT2D eigenvalue weighted by atomic mass is 35.5. The molecule has 6 rings (SSSR count). The van der Waals surface area contributed by atoms with E-state index in [1.165, 1.54) is 33.9 Å². The van der Waals surface area contributed by atoms with Crippen molar-refractivity contribution < 1.29 is 23.6 Å². The van der Waals surface area contributed by atoms with Crippen LogP contribution in [0.15, 0.2) is 65.7 Å². The molecule has 12 heteroatoms. The summed E-state index contributed by atoms with van der Waals surface area (Å²) < 4.78 is 16.8. The number of nitrogens with two attached hydrogens (primary N) is 1. The number of piperidine rings is 1. The lowest BCUT2D eigenvalue weighted by atomic mass is 10.0. The van der Waals surface area contributed by atoms with E-state index >= 15 is 4.39 Å². The van der Waals surface area contributed by atoms with Crippen molar-refractivity contribution in [3.63, 3.8) is 0 Å². The molecule has 3 N–H and O–H groups in total. The van der Waals surface area contributed by atoms with Crippen molar-refractivity contribution in [2.24, 2.45) is 16.6 Å². The minimum absolute atomic E-state index is 0.0154. The third-order valence-electron chi connectivity index (χ3n) is 7.54. The number of anilines is 1. The summed E-state index contributed by atoms with van der Waals surface area (Å²) in [4.78, 5) is 54.7. The zero-order valence-corrected chi connectivity index (χ0v) is 22.1. The molecule has 10 nitrogen and oxygen atoms in total. The number of carbonyl (C=O) groups excluding carboxylic acids is 4. The quantitative estimate of drug-likeness (QED) is 0.252. The van der Waals surface area contributed by atoms with E-state index in [4.69, 9.17) is 17.3 Å². The summed E-state index contributed by atoms with van der Waals surface area (Å²) in [6.07, 6.45) is 2.66. The van der Waals surface area contributed by atoms with Crippen LogP contribution in [0, 0.1) is 11.7 Å². The minimum Gasteiger partial charge on any atom is -0.364 e. The van der Waals surface area contributed by atoms with Crippen molar-refractivity contribution in [1.82, 2.24) is 14.7 Å². The molecule has 206 valence electrons. The van der Waals surface area contributed by atoms with Gasteiger partial charge in [0, 0.05) is 27.6 Å². The van der Waals surface area contributed by atoms with Gasteiger partial charge in [0.2, 0.25) is 17.9 Å². The van der Waals surface area contributed by atoms with E-state index in [1.807, 2.05) is 0 Å². The SMILES string of the molecule is NC(=O)c1nn(CC(=O)N2C3C[C@@H]3C[C@H]2C(=O)Nc2cccc(-c3ccccc3Cl)c2F)c2ccc(N=C=O)cc12. The number of carbonyl (C=O) groups is 3. The summed E-state index contributed by atoms with van der Waals surface area (Å²) in [5, 5.41) is 7.60. The first kappa shape index (κ1) is 26.4. The average molecular weight is 573 g/mol. The van der Waals surface area contributed by atoms with Crippen LogP contribution in [-0.2, 0) is 20.9 Å². The van der Waals surface area contributed by atoms with Crippen LogP contribution in [0.3, 0.4) is 0 Å². The molecule has 2 heterocycles. The molecule has 2 fully saturated rings. The standard InChI is InChI=1S/C29H22ClFN6O4/c30-20-6-2-1-4-17(20)18-5-3-7-21(26(18)31)34-29(41)24-11-15-10-23(15)37(24)25(39)13-36-22-9-8-16(33-14-38)12-19(22)27(35-36)28(32)40/h1-9,12,15,23-24H,10-11,13H2,(H2,32,40)(H,34,41)/t15-,23?,24+/m1/s1. The van der Waals surface area contributed by atoms with Crippen molar-refractivity contribution >= 4 is 57.7 Å². The number of aromatic nitrogens is 2. The third kappa shape index (κ3) is 4.75. The number of benzene rings is 3. The zero-order chi connectivity index (χ0) is 28.8. The molecule has 0 spiro atoms. The Labute approximate surface area is 237 Å². The maximum atomic E-state index is 15.5. The van der Waals surface area contributed by atoms with Gasteiger partial charge >= 0.3 is 0 Å². The summed E-state index contributed by atoms with van der Waals surface area (Å²) in [7, 11) is 0. The van der Waals surface area contributed by atoms with Crippen LogP contribution in [0.1, 0.15) is 23.3 Å². The van der Waals surface area contributed by atoms with Gasteiger partial charge in [0.05, 0.1) is 16.9 Å². The van der Waals surface area contributed by atoms with Crippen LogP contribution in [0.5, 0.6) is 0 Å². The van der Waals surface area contributed by atoms with Crippen molar-refractivity contribution in [2.75, 3.05) is 5.32 Å². The molecule has 4 aromatic rings. The van der Waals surface area contributed by atoms with E-state index in [0.717, 1.165) is 6.42 Å². The molecule has 1 saturated carbocycles. The van der Waals surface area contributed by atoms with Crippen LogP contribution in [0.4, 0.5) is 15.8 Å². The number of rotatable bonds is 7. The lowest BCUT2D eigenvalue weighted by molar-refractivity contribution is -0.138. The molecule has 0 bridgehead atoms. The van der Waals surface area contributed by atoms with Gasteiger partial charge in [-0.2, -0.15) is 10.1 Å². The molecule has 3 amide bonds. The van der Waals surface area contributed by atoms with Crippen molar-refractivity contribution in [1.29, 1.82) is 0 Å². The number of likely N-dealkylation sites (tertiary alicyclic amines) is 1. The van der Waals surface area contributed by atoms with Gasteiger partial charge in [-0.15, -0.1) is 0 Å². The van der Waals surface area contributed by atoms with Gasteiger partial charge < -0.3 is 16.0 Å². The minimum atomic E-state index is -0.810. The molecule has 1 unspecified atom stereocenters. The maximum Gasteiger partial charge on any atom is 0.269 e. The van der Waals surface area contributed by atoms with Crippen LogP contribution in [0.25, 0.3) is 22.0 Å². The van der Waals surface area contributed by atoms with Gasteiger partial charge in [0.15, 0.2) is 11.5 Å². The van der Waals surface area contributed by atoms with Crippen molar-refractivity contribution in [3.8, 4) is 11.1 Å². The number of isocyanates is 1. The van der Waals surface area contributed by atoms with Gasteiger partial charge in [-0.05, 0) is 49.1 Å². The van der Waals surface area contributed by atoms with E-state index in [2.05, 4.69) is 15.4 Å². The smallest absolute Gasteiger partial charge is 0.269 e. The Hall–Kier alpha value is -4.86. The Morgan fingerprint density at radius 3 is 2.63 bits per heavy atom. The maximum absolute atomic E-state index is 15.5. The topological polar surface area (TPSA) is 140 Å². The second-order valence-electron chi connectivity index (χ2n) is 10.0. The molecule has 41 heavy (non-hydrogen) atoms. The number of fused-ring (bicyclic) bond motifs is 2. The van der Waals surface area contributed by atoms with Crippen molar-refractivity contribution in [3.05, 3.63) is 77.2 Å². The monoisotopic (exact) mass is 572 g/mol. The molecule has 1 aliphatic heterocycles. The van der Waals surface area contributed by atoms with E-state index < -0.39 is 23.7 Å². The first-order valence-corrected chi connectivity index (χ1v) is 13.2. The summed E-state index contributed by atoms with van der Waals surface area (Å²) in [5.41, 5.74) is 6.82. The Kier molecular flexibility index (Phi) is 6.61. The number of hydrogen-bond acceptors (Lipinski definition) is 6. The summed E-state index contributed by atoms with van der Waals surface area (Å²) in [6, 6.07) is 15.1. The summed E-state index contributed by atoms with van der Waals surface area (Å²) >= 11 is 6.26. The predicted octanol–water partition coefficient (Wildman–Crippen LogP) is 4.19. The Balaban J connectivity index is 1.25. The number of primary amides is 1. The van der Waals surface area contributed by atoms with Gasteiger partial charge in [-0.25, -0.2) is 9.18 Å². The second-order valence-corrected chi connectivity index (χ2v) is 10.4. The number of amides is 3. The molecule has 0 radical (unpaired) electrons. The molecular weight excluding hydrogens is 551 g/mol. The molecule has 3 atom stereocenters. The summed E-state index contributed by atoms with van der Waals surface area (Å²) in [6.45, 7) is -0.260. The highest BCUT2D eigenvalue weighted by molar-refractivity contribution is 6.33. The van der Waals surface area contributed by atoms with Gasteiger partial charge in [0.25, 0.3) is 5.91 Å². The molecular formula is C29H22ClFN6O4. The fraction of sp³-hybridized carbons (Fsp3) is 0.207. The van der Waals surface area contributed by atoms with Gasteiger partial charge in [-0.3, -0.25) is 19.1 Å². The number of nitrogens with zero attached hydrogens (tertiary/aromatic N) is 4. The van der Waals surface area contributed by atoms with Crippen LogP contribution >= 0.6 is 11.6 Å². The van der Waals surface area contributed by atoms with E-state index in [9.17, 15) is 19.2 Å². The van der Waals surface area contributed by atoms with E-state index in [-0.39, 0.29) is 47.0 Å². The summed E-state index contributed by atoms with van der Waals surface area (Å²) in [5.74, 6) is -2.14. The van der Waals surface area contributed by atoms with Crippen molar-refractivity contribution in [2.45, 2.75) is 31.5 Å².